The molecule has 3 heterocycles. The van der Waals surface area contributed by atoms with Gasteiger partial charge in [0.15, 0.2) is 6.61 Å². The molecule has 0 aliphatic carbocycles. The third-order valence-electron chi connectivity index (χ3n) is 5.56. The number of fused-ring (bicyclic) bond motifs is 1. The molecule has 7 nitrogen and oxygen atoms in total. The van der Waals surface area contributed by atoms with E-state index >= 15 is 0 Å². The monoisotopic (exact) mass is 395 g/mol. The van der Waals surface area contributed by atoms with Crippen molar-refractivity contribution in [3.8, 4) is 5.75 Å². The van der Waals surface area contributed by atoms with E-state index in [4.69, 9.17) is 14.8 Å². The maximum Gasteiger partial charge on any atom is 0.341 e. The van der Waals surface area contributed by atoms with Crippen LogP contribution in [-0.2, 0) is 11.2 Å². The number of rotatable bonds is 5. The molecule has 0 saturated carbocycles. The molecule has 1 fully saturated rings. The summed E-state index contributed by atoms with van der Waals surface area (Å²) >= 11 is 0. The standard InChI is InChI=1S/C22H25N3O4/c26-20(27)14-29-18-5-1-3-17(13-18)22(28)25-11-8-15(9-12-25)19-7-6-16-4-2-10-23-21(16)24-19/h1,3,5-7,13,15H,2,4,8-12,14H2,(H,23,24)(H,26,27). The summed E-state index contributed by atoms with van der Waals surface area (Å²) in [5.41, 5.74) is 2.91. The fourth-order valence-corrected chi connectivity index (χ4v) is 4.00. The summed E-state index contributed by atoms with van der Waals surface area (Å²) in [7, 11) is 0. The van der Waals surface area contributed by atoms with Crippen LogP contribution in [0.15, 0.2) is 36.4 Å². The van der Waals surface area contributed by atoms with Gasteiger partial charge in [0, 0.05) is 36.8 Å². The number of carbonyl (C=O) groups is 2. The van der Waals surface area contributed by atoms with Crippen LogP contribution in [0.3, 0.4) is 0 Å². The van der Waals surface area contributed by atoms with Crippen LogP contribution < -0.4 is 10.1 Å². The Balaban J connectivity index is 1.37. The first-order valence-electron chi connectivity index (χ1n) is 10.1. The Bertz CT molecular complexity index is 907. The van der Waals surface area contributed by atoms with Crippen molar-refractivity contribution in [2.24, 2.45) is 0 Å². The Hall–Kier alpha value is -3.09. The molecule has 0 radical (unpaired) electrons. The van der Waals surface area contributed by atoms with Crippen LogP contribution in [-0.4, -0.2) is 53.1 Å². The number of nitrogens with zero attached hydrogens (tertiary/aromatic N) is 2. The molecular weight excluding hydrogens is 370 g/mol. The number of ether oxygens (including phenoxy) is 1. The number of hydrogen-bond acceptors (Lipinski definition) is 5. The fraction of sp³-hybridized carbons (Fsp3) is 0.409. The summed E-state index contributed by atoms with van der Waals surface area (Å²) in [5.74, 6) is 0.668. The van der Waals surface area contributed by atoms with E-state index < -0.39 is 12.6 Å². The van der Waals surface area contributed by atoms with Crippen molar-refractivity contribution in [2.75, 3.05) is 31.6 Å². The number of benzene rings is 1. The number of hydrogen-bond donors (Lipinski definition) is 2. The van der Waals surface area contributed by atoms with Crippen molar-refractivity contribution in [3.63, 3.8) is 0 Å². The highest BCUT2D eigenvalue weighted by Crippen LogP contribution is 2.30. The molecule has 0 bridgehead atoms. The zero-order valence-corrected chi connectivity index (χ0v) is 16.3. The molecule has 1 amide bonds. The number of pyridine rings is 1. The van der Waals surface area contributed by atoms with E-state index in [1.165, 1.54) is 5.56 Å². The van der Waals surface area contributed by atoms with Crippen molar-refractivity contribution in [3.05, 3.63) is 53.2 Å². The van der Waals surface area contributed by atoms with Crippen molar-refractivity contribution >= 4 is 17.7 Å². The largest absolute Gasteiger partial charge is 0.482 e. The number of likely N-dealkylation sites (tertiary alicyclic amines) is 1. The highest BCUT2D eigenvalue weighted by molar-refractivity contribution is 5.94. The summed E-state index contributed by atoms with van der Waals surface area (Å²) < 4.78 is 5.18. The van der Waals surface area contributed by atoms with Gasteiger partial charge >= 0.3 is 5.97 Å². The number of amides is 1. The SMILES string of the molecule is O=C(O)COc1cccc(C(=O)N2CCC(c3ccc4c(n3)NCCC4)CC2)c1. The molecule has 0 unspecified atom stereocenters. The van der Waals surface area contributed by atoms with Gasteiger partial charge in [-0.05, 0) is 55.5 Å². The topological polar surface area (TPSA) is 91.8 Å². The average molecular weight is 395 g/mol. The quantitative estimate of drug-likeness (QED) is 0.809. The molecule has 1 aromatic heterocycles. The number of aryl methyl sites for hydroxylation is 1. The smallest absolute Gasteiger partial charge is 0.341 e. The molecule has 2 aliphatic heterocycles. The van der Waals surface area contributed by atoms with Crippen LogP contribution in [0, 0.1) is 0 Å². The highest BCUT2D eigenvalue weighted by atomic mass is 16.5. The second kappa shape index (κ2) is 8.51. The van der Waals surface area contributed by atoms with Gasteiger partial charge in [-0.15, -0.1) is 0 Å². The number of nitrogens with one attached hydrogen (secondary N) is 1. The summed E-state index contributed by atoms with van der Waals surface area (Å²) in [6.07, 6.45) is 3.99. The highest BCUT2D eigenvalue weighted by Gasteiger charge is 2.26. The van der Waals surface area contributed by atoms with Gasteiger partial charge in [-0.2, -0.15) is 0 Å². The molecule has 0 spiro atoms. The van der Waals surface area contributed by atoms with E-state index in [0.29, 0.717) is 30.3 Å². The van der Waals surface area contributed by atoms with Crippen LogP contribution in [0.4, 0.5) is 5.82 Å². The lowest BCUT2D eigenvalue weighted by Gasteiger charge is -2.32. The van der Waals surface area contributed by atoms with Gasteiger partial charge in [0.2, 0.25) is 0 Å². The van der Waals surface area contributed by atoms with E-state index in [2.05, 4.69) is 17.4 Å². The summed E-state index contributed by atoms with van der Waals surface area (Å²) in [6, 6.07) is 11.0. The molecule has 152 valence electrons. The Morgan fingerprint density at radius 3 is 2.83 bits per heavy atom. The van der Waals surface area contributed by atoms with Crippen LogP contribution in [0.1, 0.15) is 46.8 Å². The lowest BCUT2D eigenvalue weighted by molar-refractivity contribution is -0.139. The molecule has 1 aromatic carbocycles. The summed E-state index contributed by atoms with van der Waals surface area (Å²) in [5, 5.41) is 12.1. The maximum absolute atomic E-state index is 12.9. The van der Waals surface area contributed by atoms with Gasteiger partial charge in [-0.25, -0.2) is 9.78 Å². The molecular formula is C22H25N3O4. The Labute approximate surface area is 169 Å². The zero-order valence-electron chi connectivity index (χ0n) is 16.3. The first-order chi connectivity index (χ1) is 14.1. The van der Waals surface area contributed by atoms with Crippen LogP contribution in [0.25, 0.3) is 0 Å². The molecule has 4 rings (SSSR count). The van der Waals surface area contributed by atoms with Crippen LogP contribution in [0.2, 0.25) is 0 Å². The van der Waals surface area contributed by atoms with E-state index in [1.54, 1.807) is 24.3 Å². The van der Waals surface area contributed by atoms with Gasteiger partial charge in [0.25, 0.3) is 5.91 Å². The van der Waals surface area contributed by atoms with Crippen LogP contribution in [0.5, 0.6) is 5.75 Å². The van der Waals surface area contributed by atoms with E-state index in [1.807, 2.05) is 4.90 Å². The second-order valence-electron chi connectivity index (χ2n) is 7.55. The van der Waals surface area contributed by atoms with Gasteiger partial charge in [-0.1, -0.05) is 12.1 Å². The number of anilines is 1. The van der Waals surface area contributed by atoms with Gasteiger partial charge < -0.3 is 20.1 Å². The number of carboxylic acids is 1. The fourth-order valence-electron chi connectivity index (χ4n) is 4.00. The van der Waals surface area contributed by atoms with Crippen molar-refractivity contribution in [2.45, 2.75) is 31.6 Å². The number of piperidine rings is 1. The Morgan fingerprint density at radius 1 is 1.21 bits per heavy atom. The summed E-state index contributed by atoms with van der Waals surface area (Å²) in [6.45, 7) is 1.91. The predicted octanol–water partition coefficient (Wildman–Crippen LogP) is 2.92. The lowest BCUT2D eigenvalue weighted by atomic mass is 9.92. The average Bonchev–Trinajstić information content (AvgIpc) is 2.77. The van der Waals surface area contributed by atoms with Crippen molar-refractivity contribution < 1.29 is 19.4 Å². The summed E-state index contributed by atoms with van der Waals surface area (Å²) in [4.78, 5) is 30.2. The van der Waals surface area contributed by atoms with E-state index in [0.717, 1.165) is 43.7 Å². The molecule has 2 aliphatic rings. The van der Waals surface area contributed by atoms with Gasteiger partial charge in [0.05, 0.1) is 0 Å². The minimum Gasteiger partial charge on any atom is -0.482 e. The molecule has 0 atom stereocenters. The number of aromatic nitrogens is 1. The second-order valence-corrected chi connectivity index (χ2v) is 7.55. The minimum atomic E-state index is -1.05. The van der Waals surface area contributed by atoms with Crippen molar-refractivity contribution in [1.82, 2.24) is 9.88 Å². The van der Waals surface area contributed by atoms with Crippen LogP contribution >= 0.6 is 0 Å². The van der Waals surface area contributed by atoms with Gasteiger partial charge in [-0.3, -0.25) is 4.79 Å². The number of aliphatic carboxylic acids is 1. The predicted molar refractivity (Wildman–Crippen MR) is 108 cm³/mol. The third-order valence-corrected chi connectivity index (χ3v) is 5.56. The molecule has 2 N–H and O–H groups in total. The van der Waals surface area contributed by atoms with E-state index in [9.17, 15) is 9.59 Å². The van der Waals surface area contributed by atoms with E-state index in [-0.39, 0.29) is 5.91 Å². The lowest BCUT2D eigenvalue weighted by Crippen LogP contribution is -2.38. The first-order valence-corrected chi connectivity index (χ1v) is 10.1. The number of carbonyl (C=O) groups excluding carboxylic acids is 1. The molecule has 2 aromatic rings. The first kappa shape index (κ1) is 19.2. The van der Waals surface area contributed by atoms with Gasteiger partial charge in [0.1, 0.15) is 11.6 Å². The molecule has 7 heteroatoms. The minimum absolute atomic E-state index is 0.0516. The molecule has 29 heavy (non-hydrogen) atoms. The normalized spacial score (nSPS) is 16.6. The molecule has 1 saturated heterocycles. The third kappa shape index (κ3) is 4.50. The Morgan fingerprint density at radius 2 is 2.03 bits per heavy atom. The number of carboxylic acid groups (broad SMARTS) is 1. The maximum atomic E-state index is 12.9. The van der Waals surface area contributed by atoms with Crippen molar-refractivity contribution in [1.29, 1.82) is 0 Å². The Kier molecular flexibility index (Phi) is 5.64. The zero-order chi connectivity index (χ0) is 20.2.